The van der Waals surface area contributed by atoms with Crippen molar-refractivity contribution < 1.29 is 14.4 Å². The molecule has 2 aromatic carbocycles. The summed E-state index contributed by atoms with van der Waals surface area (Å²) in [5, 5.41) is 2.73. The van der Waals surface area contributed by atoms with Crippen molar-refractivity contribution in [3.63, 3.8) is 0 Å². The molecule has 3 rings (SSSR count). The minimum absolute atomic E-state index is 0.0230. The van der Waals surface area contributed by atoms with Gasteiger partial charge in [-0.3, -0.25) is 14.4 Å². The van der Waals surface area contributed by atoms with Gasteiger partial charge in [-0.05, 0) is 48.7 Å². The first-order chi connectivity index (χ1) is 13.1. The van der Waals surface area contributed by atoms with E-state index in [2.05, 4.69) is 5.32 Å². The Morgan fingerprint density at radius 3 is 2.67 bits per heavy atom. The maximum Gasteiger partial charge on any atom is 0.244 e. The van der Waals surface area contributed by atoms with Crippen LogP contribution in [0.1, 0.15) is 33.5 Å². The van der Waals surface area contributed by atoms with Crippen molar-refractivity contribution in [2.24, 2.45) is 0 Å². The number of aryl methyl sites for hydroxylation is 1. The number of carbonyl (C=O) groups excluding carboxylic acids is 3. The lowest BCUT2D eigenvalue weighted by Crippen LogP contribution is -2.24. The molecule has 2 aromatic rings. The number of fused-ring (bicyclic) bond motifs is 1. The second-order valence-corrected chi connectivity index (χ2v) is 6.60. The van der Waals surface area contributed by atoms with Crippen LogP contribution in [0.5, 0.6) is 0 Å². The highest BCUT2D eigenvalue weighted by Crippen LogP contribution is 2.27. The lowest BCUT2D eigenvalue weighted by atomic mass is 10.0. The van der Waals surface area contributed by atoms with Gasteiger partial charge in [0.15, 0.2) is 5.78 Å². The molecule has 5 heteroatoms. The molecule has 0 unspecified atom stereocenters. The smallest absolute Gasteiger partial charge is 0.244 e. The minimum Gasteiger partial charge on any atom is -0.352 e. The van der Waals surface area contributed by atoms with Crippen molar-refractivity contribution in [1.29, 1.82) is 0 Å². The van der Waals surface area contributed by atoms with E-state index in [1.165, 1.54) is 11.6 Å². The van der Waals surface area contributed by atoms with Crippen LogP contribution in [0.2, 0.25) is 0 Å². The lowest BCUT2D eigenvalue weighted by Gasteiger charge is -2.10. The highest BCUT2D eigenvalue weighted by molar-refractivity contribution is 5.98. The predicted octanol–water partition coefficient (Wildman–Crippen LogP) is 2.92. The summed E-state index contributed by atoms with van der Waals surface area (Å²) in [6, 6.07) is 13.3. The first kappa shape index (κ1) is 18.6. The molecule has 0 fully saturated rings. The minimum atomic E-state index is -0.223. The van der Waals surface area contributed by atoms with Crippen LogP contribution < -0.4 is 10.2 Å². The maximum atomic E-state index is 12.3. The van der Waals surface area contributed by atoms with Crippen LogP contribution in [0.4, 0.5) is 5.69 Å². The Kier molecular flexibility index (Phi) is 5.81. The topological polar surface area (TPSA) is 66.5 Å². The van der Waals surface area contributed by atoms with Crippen LogP contribution in [0.3, 0.4) is 0 Å². The van der Waals surface area contributed by atoms with Gasteiger partial charge in [0.2, 0.25) is 12.3 Å². The molecule has 0 spiro atoms. The molecule has 5 nitrogen and oxygen atoms in total. The molecule has 0 bridgehead atoms. The number of amides is 2. The van der Waals surface area contributed by atoms with Gasteiger partial charge in [0.25, 0.3) is 0 Å². The number of benzene rings is 2. The van der Waals surface area contributed by atoms with Gasteiger partial charge in [-0.2, -0.15) is 0 Å². The van der Waals surface area contributed by atoms with Crippen molar-refractivity contribution in [2.45, 2.75) is 19.8 Å². The second kappa shape index (κ2) is 8.45. The third-order valence-electron chi connectivity index (χ3n) is 4.62. The number of anilines is 1. The third-order valence-corrected chi connectivity index (χ3v) is 4.62. The van der Waals surface area contributed by atoms with Crippen molar-refractivity contribution >= 4 is 29.9 Å². The van der Waals surface area contributed by atoms with E-state index in [1.807, 2.05) is 43.3 Å². The molecule has 2 amide bonds. The van der Waals surface area contributed by atoms with E-state index in [1.54, 1.807) is 17.0 Å². The van der Waals surface area contributed by atoms with E-state index in [-0.39, 0.29) is 24.7 Å². The largest absolute Gasteiger partial charge is 0.352 e. The number of hydrogen-bond acceptors (Lipinski definition) is 3. The molecular weight excluding hydrogens is 340 g/mol. The summed E-state index contributed by atoms with van der Waals surface area (Å²) in [6.45, 7) is 2.95. The Balaban J connectivity index is 1.49. The van der Waals surface area contributed by atoms with Gasteiger partial charge in [-0.1, -0.05) is 29.8 Å². The monoisotopic (exact) mass is 362 g/mol. The summed E-state index contributed by atoms with van der Waals surface area (Å²) >= 11 is 0. The summed E-state index contributed by atoms with van der Waals surface area (Å²) in [6.07, 6.45) is 5.03. The molecule has 27 heavy (non-hydrogen) atoms. The van der Waals surface area contributed by atoms with Crippen LogP contribution in [-0.4, -0.2) is 31.2 Å². The summed E-state index contributed by atoms with van der Waals surface area (Å²) < 4.78 is 0. The molecule has 0 atom stereocenters. The van der Waals surface area contributed by atoms with Crippen LogP contribution >= 0.6 is 0 Å². The molecule has 1 heterocycles. The molecule has 0 saturated heterocycles. The van der Waals surface area contributed by atoms with Gasteiger partial charge < -0.3 is 10.2 Å². The zero-order chi connectivity index (χ0) is 19.2. The number of Topliss-reactive ketones (excluding diaryl/α,β-unsaturated/α-hetero) is 1. The molecule has 138 valence electrons. The van der Waals surface area contributed by atoms with Gasteiger partial charge in [0.05, 0.1) is 0 Å². The Hall–Kier alpha value is -3.21. The number of ketones is 1. The van der Waals surface area contributed by atoms with E-state index in [0.717, 1.165) is 29.6 Å². The zero-order valence-corrected chi connectivity index (χ0v) is 15.3. The molecule has 1 aliphatic rings. The quantitative estimate of drug-likeness (QED) is 0.468. The Morgan fingerprint density at radius 2 is 1.93 bits per heavy atom. The number of nitrogens with zero attached hydrogens (tertiary/aromatic N) is 1. The summed E-state index contributed by atoms with van der Waals surface area (Å²) in [5.41, 5.74) is 4.62. The summed E-state index contributed by atoms with van der Waals surface area (Å²) in [4.78, 5) is 36.8. The van der Waals surface area contributed by atoms with E-state index in [0.29, 0.717) is 12.1 Å². The van der Waals surface area contributed by atoms with Gasteiger partial charge in [-0.15, -0.1) is 0 Å². The Labute approximate surface area is 158 Å². The Bertz CT molecular complexity index is 885. The lowest BCUT2D eigenvalue weighted by molar-refractivity contribution is -0.116. The van der Waals surface area contributed by atoms with E-state index in [9.17, 15) is 14.4 Å². The number of carbonyl (C=O) groups is 3. The summed E-state index contributed by atoms with van der Waals surface area (Å²) in [7, 11) is 0. The van der Waals surface area contributed by atoms with E-state index in [4.69, 9.17) is 0 Å². The normalized spacial score (nSPS) is 12.9. The fourth-order valence-electron chi connectivity index (χ4n) is 3.06. The molecule has 1 N–H and O–H groups in total. The molecular formula is C22H22N2O3. The first-order valence-electron chi connectivity index (χ1n) is 8.97. The van der Waals surface area contributed by atoms with Gasteiger partial charge in [0, 0.05) is 36.8 Å². The van der Waals surface area contributed by atoms with Crippen LogP contribution in [0, 0.1) is 6.92 Å². The van der Waals surface area contributed by atoms with Crippen molar-refractivity contribution in [1.82, 2.24) is 5.32 Å². The number of rotatable bonds is 7. The van der Waals surface area contributed by atoms with E-state index >= 15 is 0 Å². The third kappa shape index (κ3) is 4.70. The molecule has 1 aliphatic heterocycles. The van der Waals surface area contributed by atoms with Gasteiger partial charge >= 0.3 is 0 Å². The van der Waals surface area contributed by atoms with Crippen molar-refractivity contribution in [3.05, 3.63) is 70.8 Å². The fourth-order valence-corrected chi connectivity index (χ4v) is 3.06. The average molecular weight is 362 g/mol. The average Bonchev–Trinajstić information content (AvgIpc) is 3.09. The van der Waals surface area contributed by atoms with Crippen LogP contribution in [-0.2, 0) is 16.0 Å². The number of nitrogens with one attached hydrogen (secondary N) is 1. The SMILES string of the molecule is Cc1ccc(/C=C/C(=O)NCCC(=O)c2ccc3c(c2)CCN3C=O)cc1. The molecule has 0 aromatic heterocycles. The maximum absolute atomic E-state index is 12.3. The Morgan fingerprint density at radius 1 is 1.15 bits per heavy atom. The standard InChI is InChI=1S/C22H22N2O3/c1-16-2-4-17(5-3-16)6-9-22(27)23-12-10-21(26)19-7-8-20-18(14-19)11-13-24(20)15-25/h2-9,14-15H,10-13H2,1H3,(H,23,27)/b9-6+. The first-order valence-corrected chi connectivity index (χ1v) is 8.97. The van der Waals surface area contributed by atoms with Crippen LogP contribution in [0.15, 0.2) is 48.5 Å². The van der Waals surface area contributed by atoms with Crippen molar-refractivity contribution in [2.75, 3.05) is 18.0 Å². The zero-order valence-electron chi connectivity index (χ0n) is 15.3. The molecule has 0 saturated carbocycles. The highest BCUT2D eigenvalue weighted by Gasteiger charge is 2.19. The molecule has 0 aliphatic carbocycles. The number of hydrogen-bond donors (Lipinski definition) is 1. The van der Waals surface area contributed by atoms with E-state index < -0.39 is 0 Å². The summed E-state index contributed by atoms with van der Waals surface area (Å²) in [5.74, 6) is -0.246. The predicted molar refractivity (Wildman–Crippen MR) is 106 cm³/mol. The highest BCUT2D eigenvalue weighted by atomic mass is 16.2. The van der Waals surface area contributed by atoms with Crippen LogP contribution in [0.25, 0.3) is 6.08 Å². The van der Waals surface area contributed by atoms with Gasteiger partial charge in [-0.25, -0.2) is 0 Å². The second-order valence-electron chi connectivity index (χ2n) is 6.60. The van der Waals surface area contributed by atoms with Gasteiger partial charge in [0.1, 0.15) is 0 Å². The molecule has 0 radical (unpaired) electrons. The fraction of sp³-hybridized carbons (Fsp3) is 0.227. The van der Waals surface area contributed by atoms with Crippen molar-refractivity contribution in [3.8, 4) is 0 Å².